The molecule has 146 valence electrons. The molecule has 1 atom stereocenters. The number of allylic oxidation sites excluding steroid dienone is 1. The molecule has 0 bridgehead atoms. The van der Waals surface area contributed by atoms with E-state index in [-0.39, 0.29) is 22.1 Å². The lowest BCUT2D eigenvalue weighted by Crippen LogP contribution is -2.31. The molecule has 0 amide bonds. The van der Waals surface area contributed by atoms with E-state index in [1.807, 2.05) is 12.1 Å². The van der Waals surface area contributed by atoms with Gasteiger partial charge in [0.25, 0.3) is 0 Å². The summed E-state index contributed by atoms with van der Waals surface area (Å²) in [6.45, 7) is 4.16. The molecule has 1 aliphatic carbocycles. The molecule has 0 radical (unpaired) electrons. The van der Waals surface area contributed by atoms with Crippen molar-refractivity contribution in [1.82, 2.24) is 0 Å². The number of fused-ring (bicyclic) bond motifs is 1. The lowest BCUT2D eigenvalue weighted by atomic mass is 9.73. The number of Topliss-reactive ketones (excluding diaryl/α,β-unsaturated/α-hetero) is 1. The second-order valence-electron chi connectivity index (χ2n) is 8.09. The minimum Gasteiger partial charge on any atom is -0.733 e. The van der Waals surface area contributed by atoms with Crippen LogP contribution in [0, 0.1) is 10.6 Å². The van der Waals surface area contributed by atoms with E-state index >= 15 is 0 Å². The minimum absolute atomic E-state index is 0.0588. The van der Waals surface area contributed by atoms with Gasteiger partial charge >= 0.3 is 0 Å². The summed E-state index contributed by atoms with van der Waals surface area (Å²) >= 11 is 6.19. The Kier molecular flexibility index (Phi) is 4.57. The molecule has 0 saturated heterocycles. The van der Waals surface area contributed by atoms with Gasteiger partial charge in [-0.15, -0.1) is 0 Å². The van der Waals surface area contributed by atoms with Gasteiger partial charge in [0.2, 0.25) is 0 Å². The van der Waals surface area contributed by atoms with Crippen molar-refractivity contribution in [2.45, 2.75) is 32.7 Å². The van der Waals surface area contributed by atoms with Gasteiger partial charge < -0.3 is 21.1 Å². The van der Waals surface area contributed by atoms with E-state index in [9.17, 15) is 15.2 Å². The molecule has 1 unspecified atom stereocenters. The first-order valence-corrected chi connectivity index (χ1v) is 9.47. The van der Waals surface area contributed by atoms with Crippen molar-refractivity contribution >= 4 is 34.4 Å². The number of benzene rings is 2. The molecule has 0 aromatic heterocycles. The summed E-state index contributed by atoms with van der Waals surface area (Å²) in [5.41, 5.74) is 3.80. The number of nitrogens with one attached hydrogen (secondary N) is 2. The molecule has 0 saturated carbocycles. The third-order valence-corrected chi connectivity index (χ3v) is 5.44. The summed E-state index contributed by atoms with van der Waals surface area (Å²) in [5, 5.41) is 27.9. The fourth-order valence-electron chi connectivity index (χ4n) is 3.99. The van der Waals surface area contributed by atoms with Crippen LogP contribution in [0.2, 0.25) is 5.02 Å². The van der Waals surface area contributed by atoms with Gasteiger partial charge in [-0.1, -0.05) is 37.6 Å². The summed E-state index contributed by atoms with van der Waals surface area (Å²) in [6.07, 6.45) is 1.16. The summed E-state index contributed by atoms with van der Waals surface area (Å²) in [4.78, 5) is 13.1. The molecule has 1 aliphatic heterocycles. The molecule has 2 aliphatic rings. The zero-order chi connectivity index (χ0) is 20.1. The van der Waals surface area contributed by atoms with E-state index in [1.54, 1.807) is 24.3 Å². The van der Waals surface area contributed by atoms with Crippen molar-refractivity contribution in [3.8, 4) is 0 Å². The van der Waals surface area contributed by atoms with Crippen LogP contribution in [0.1, 0.15) is 38.3 Å². The average molecular weight is 399 g/mol. The third kappa shape index (κ3) is 3.46. The largest absolute Gasteiger partial charge is 0.733 e. The second kappa shape index (κ2) is 6.81. The Hall–Kier alpha value is -2.54. The third-order valence-electron chi connectivity index (χ3n) is 5.20. The molecule has 4 rings (SSSR count). The van der Waals surface area contributed by atoms with Crippen molar-refractivity contribution in [3.63, 3.8) is 0 Å². The van der Waals surface area contributed by atoms with Crippen LogP contribution in [0.4, 0.5) is 17.1 Å². The Bertz CT molecular complexity index is 985. The molecule has 3 N–H and O–H groups in total. The van der Waals surface area contributed by atoms with Crippen molar-refractivity contribution in [1.29, 1.82) is 0 Å². The highest BCUT2D eigenvalue weighted by Gasteiger charge is 2.38. The molecule has 0 spiro atoms. The van der Waals surface area contributed by atoms with Crippen LogP contribution in [-0.2, 0) is 4.79 Å². The first-order chi connectivity index (χ1) is 13.2. The molecule has 7 heteroatoms. The number of nitrogens with zero attached hydrogens (tertiary/aromatic N) is 1. The topological polar surface area (TPSA) is 87.7 Å². The molecule has 1 heterocycles. The van der Waals surface area contributed by atoms with Gasteiger partial charge in [-0.3, -0.25) is 10.0 Å². The van der Waals surface area contributed by atoms with Gasteiger partial charge in [-0.25, -0.2) is 0 Å². The lowest BCUT2D eigenvalue weighted by molar-refractivity contribution is -0.118. The van der Waals surface area contributed by atoms with Gasteiger partial charge in [-0.2, -0.15) is 0 Å². The number of ketones is 1. The van der Waals surface area contributed by atoms with E-state index in [1.165, 1.54) is 6.07 Å². The Morgan fingerprint density at radius 1 is 1.18 bits per heavy atom. The minimum atomic E-state index is -0.467. The Morgan fingerprint density at radius 2 is 1.96 bits per heavy atom. The van der Waals surface area contributed by atoms with Crippen molar-refractivity contribution in [2.24, 2.45) is 5.41 Å². The van der Waals surface area contributed by atoms with Crippen molar-refractivity contribution in [3.05, 3.63) is 69.5 Å². The Balaban J connectivity index is 1.89. The number of rotatable bonds is 2. The average Bonchev–Trinajstić information content (AvgIpc) is 2.77. The maximum absolute atomic E-state index is 13.1. The van der Waals surface area contributed by atoms with Crippen LogP contribution in [0.15, 0.2) is 53.7 Å². The fraction of sp³-hybridized carbons (Fsp3) is 0.286. The zero-order valence-corrected chi connectivity index (χ0v) is 16.4. The van der Waals surface area contributed by atoms with Gasteiger partial charge in [0, 0.05) is 22.7 Å². The summed E-state index contributed by atoms with van der Waals surface area (Å²) in [6, 6.07) is 11.6. The van der Waals surface area contributed by atoms with Gasteiger partial charge in [0.05, 0.1) is 23.1 Å². The highest BCUT2D eigenvalue weighted by molar-refractivity contribution is 6.31. The Labute approximate surface area is 168 Å². The lowest BCUT2D eigenvalue weighted by Gasteiger charge is -2.34. The summed E-state index contributed by atoms with van der Waals surface area (Å²) in [5.74, 6) is 0.0588. The SMILES string of the molecule is CC1(C)CC(=O)C2=C(C1)Nc1ccc(Cl)cc1NC2c1cccc(N([O-])O)c1. The predicted molar refractivity (Wildman–Crippen MR) is 111 cm³/mol. The number of anilines is 3. The van der Waals surface area contributed by atoms with Crippen LogP contribution in [-0.4, -0.2) is 11.0 Å². The normalized spacial score (nSPS) is 20.5. The zero-order valence-electron chi connectivity index (χ0n) is 15.6. The van der Waals surface area contributed by atoms with E-state index in [2.05, 4.69) is 24.5 Å². The number of hydrogen-bond donors (Lipinski definition) is 3. The van der Waals surface area contributed by atoms with Crippen molar-refractivity contribution in [2.75, 3.05) is 15.9 Å². The monoisotopic (exact) mass is 398 g/mol. The maximum Gasteiger partial charge on any atom is 0.163 e. The summed E-state index contributed by atoms with van der Waals surface area (Å²) < 4.78 is 0. The van der Waals surface area contributed by atoms with Crippen LogP contribution < -0.4 is 15.9 Å². The molecule has 2 aromatic rings. The molecule has 2 aromatic carbocycles. The number of hydrogen-bond acceptors (Lipinski definition) is 6. The van der Waals surface area contributed by atoms with Crippen molar-refractivity contribution < 1.29 is 10.0 Å². The van der Waals surface area contributed by atoms with Gasteiger partial charge in [-0.05, 0) is 47.7 Å². The maximum atomic E-state index is 13.1. The highest BCUT2D eigenvalue weighted by Crippen LogP contribution is 2.46. The van der Waals surface area contributed by atoms with Crippen LogP contribution in [0.5, 0.6) is 0 Å². The van der Waals surface area contributed by atoms with Gasteiger partial charge in [0.1, 0.15) is 0 Å². The predicted octanol–water partition coefficient (Wildman–Crippen LogP) is 5.26. The quantitative estimate of drug-likeness (QED) is 0.598. The Morgan fingerprint density at radius 3 is 2.71 bits per heavy atom. The van der Waals surface area contributed by atoms with E-state index in [0.29, 0.717) is 22.6 Å². The first-order valence-electron chi connectivity index (χ1n) is 9.09. The number of halogens is 1. The van der Waals surface area contributed by atoms with Crippen LogP contribution in [0.25, 0.3) is 0 Å². The molecule has 6 nitrogen and oxygen atoms in total. The van der Waals surface area contributed by atoms with Crippen LogP contribution >= 0.6 is 11.6 Å². The molecular weight excluding hydrogens is 378 g/mol. The fourth-order valence-corrected chi connectivity index (χ4v) is 4.16. The first kappa shape index (κ1) is 18.8. The molecule has 0 fully saturated rings. The number of carbonyl (C=O) groups excluding carboxylic acids is 1. The molecule has 28 heavy (non-hydrogen) atoms. The van der Waals surface area contributed by atoms with Crippen LogP contribution in [0.3, 0.4) is 0 Å². The second-order valence-corrected chi connectivity index (χ2v) is 8.53. The molecular formula is C21H21ClN3O3-. The highest BCUT2D eigenvalue weighted by atomic mass is 35.5. The smallest absolute Gasteiger partial charge is 0.163 e. The van der Waals surface area contributed by atoms with E-state index in [4.69, 9.17) is 11.6 Å². The standard InChI is InChI=1S/C21H21ClN3O3/c1-21(2)10-17-19(18(26)11-21)20(12-4-3-5-14(8-12)25(27)28)24-16-9-13(22)6-7-15(16)23-17/h3-9,20,23-24,27H,10-11H2,1-2H3/q-1. The van der Waals surface area contributed by atoms with E-state index in [0.717, 1.165) is 23.5 Å². The number of carbonyl (C=O) groups is 1. The van der Waals surface area contributed by atoms with Gasteiger partial charge in [0.15, 0.2) is 5.78 Å². The van der Waals surface area contributed by atoms with E-state index < -0.39 is 6.04 Å². The summed E-state index contributed by atoms with van der Waals surface area (Å²) in [7, 11) is 0.